The number of benzene rings is 1. The molecule has 2 fully saturated rings. The second kappa shape index (κ2) is 6.38. The Hall–Kier alpha value is -2.33. The number of nitrogens with one attached hydrogen (secondary N) is 1. The lowest BCUT2D eigenvalue weighted by atomic mass is 9.88. The van der Waals surface area contributed by atoms with Crippen LogP contribution in [-0.4, -0.2) is 67.9 Å². The molecule has 3 aliphatic rings. The summed E-state index contributed by atoms with van der Waals surface area (Å²) < 4.78 is 38.2. The van der Waals surface area contributed by atoms with Crippen LogP contribution in [0.4, 0.5) is 4.79 Å². The third-order valence-corrected chi connectivity index (χ3v) is 7.18. The van der Waals surface area contributed by atoms with E-state index in [0.717, 1.165) is 0 Å². The van der Waals surface area contributed by atoms with Crippen LogP contribution in [0.5, 0.6) is 11.5 Å². The molecule has 3 amide bonds. The molecule has 1 spiro atoms. The number of hydrogen-bond donors (Lipinski definition) is 1. The van der Waals surface area contributed by atoms with Crippen molar-refractivity contribution in [3.05, 3.63) is 18.2 Å². The fourth-order valence-electron chi connectivity index (χ4n) is 3.74. The second-order valence-corrected chi connectivity index (χ2v) is 8.71. The summed E-state index contributed by atoms with van der Waals surface area (Å²) in [6.45, 7) is 3.14. The van der Waals surface area contributed by atoms with Gasteiger partial charge in [0.15, 0.2) is 11.5 Å². The Balaban J connectivity index is 1.52. The predicted octanol–water partition coefficient (Wildman–Crippen LogP) is 0.553. The van der Waals surface area contributed by atoms with Gasteiger partial charge in [0.2, 0.25) is 10.0 Å². The fourth-order valence-corrected chi connectivity index (χ4v) is 5.20. The number of ether oxygens (including phenoxy) is 2. The Morgan fingerprint density at radius 3 is 2.41 bits per heavy atom. The molecule has 3 aliphatic heterocycles. The van der Waals surface area contributed by atoms with Crippen molar-refractivity contribution in [1.29, 1.82) is 0 Å². The van der Waals surface area contributed by atoms with E-state index in [2.05, 4.69) is 5.32 Å². The largest absolute Gasteiger partial charge is 0.486 e. The Morgan fingerprint density at radius 2 is 1.78 bits per heavy atom. The molecule has 0 bridgehead atoms. The molecule has 1 aromatic carbocycles. The van der Waals surface area contributed by atoms with Crippen molar-refractivity contribution in [3.8, 4) is 11.5 Å². The van der Waals surface area contributed by atoms with Crippen LogP contribution in [0.15, 0.2) is 23.1 Å². The van der Waals surface area contributed by atoms with Gasteiger partial charge in [-0.15, -0.1) is 0 Å². The maximum absolute atomic E-state index is 13.0. The number of piperidine rings is 1. The van der Waals surface area contributed by atoms with Crippen LogP contribution in [0.25, 0.3) is 0 Å². The molecule has 27 heavy (non-hydrogen) atoms. The normalized spacial score (nSPS) is 22.2. The van der Waals surface area contributed by atoms with Crippen LogP contribution in [0.3, 0.4) is 0 Å². The zero-order valence-corrected chi connectivity index (χ0v) is 15.8. The minimum atomic E-state index is -3.73. The molecule has 0 aromatic heterocycles. The van der Waals surface area contributed by atoms with Crippen molar-refractivity contribution in [2.75, 3.05) is 32.8 Å². The molecular formula is C17H21N3O6S. The Bertz CT molecular complexity index is 892. The van der Waals surface area contributed by atoms with E-state index in [4.69, 9.17) is 9.47 Å². The molecule has 0 atom stereocenters. The van der Waals surface area contributed by atoms with Gasteiger partial charge < -0.3 is 14.8 Å². The van der Waals surface area contributed by atoms with E-state index in [0.29, 0.717) is 31.3 Å². The molecule has 146 valence electrons. The predicted molar refractivity (Wildman–Crippen MR) is 94.1 cm³/mol. The second-order valence-electron chi connectivity index (χ2n) is 6.77. The van der Waals surface area contributed by atoms with Gasteiger partial charge in [-0.3, -0.25) is 9.69 Å². The summed E-state index contributed by atoms with van der Waals surface area (Å²) in [5.74, 6) is 0.663. The smallest absolute Gasteiger partial charge is 0.325 e. The molecular weight excluding hydrogens is 374 g/mol. The van der Waals surface area contributed by atoms with Crippen molar-refractivity contribution in [2.24, 2.45) is 0 Å². The number of sulfonamides is 1. The molecule has 1 aromatic rings. The third-order valence-electron chi connectivity index (χ3n) is 5.29. The number of amides is 3. The van der Waals surface area contributed by atoms with E-state index in [9.17, 15) is 18.0 Å². The van der Waals surface area contributed by atoms with Crippen molar-refractivity contribution in [1.82, 2.24) is 14.5 Å². The molecule has 10 heteroatoms. The van der Waals surface area contributed by atoms with Gasteiger partial charge in [0, 0.05) is 25.7 Å². The highest BCUT2D eigenvalue weighted by molar-refractivity contribution is 7.89. The molecule has 0 radical (unpaired) electrons. The number of carbonyl (C=O) groups excluding carboxylic acids is 2. The van der Waals surface area contributed by atoms with Gasteiger partial charge in [-0.2, -0.15) is 4.31 Å². The highest BCUT2D eigenvalue weighted by Crippen LogP contribution is 2.35. The molecule has 9 nitrogen and oxygen atoms in total. The number of hydrogen-bond acceptors (Lipinski definition) is 6. The first-order valence-corrected chi connectivity index (χ1v) is 10.4. The molecule has 0 aliphatic carbocycles. The molecule has 0 saturated carbocycles. The van der Waals surface area contributed by atoms with Crippen LogP contribution < -0.4 is 14.8 Å². The van der Waals surface area contributed by atoms with Gasteiger partial charge in [0.05, 0.1) is 4.90 Å². The van der Waals surface area contributed by atoms with Crippen LogP contribution in [0.2, 0.25) is 0 Å². The van der Waals surface area contributed by atoms with Gasteiger partial charge in [-0.25, -0.2) is 13.2 Å². The summed E-state index contributed by atoms with van der Waals surface area (Å²) in [6.07, 6.45) is 0.496. The molecule has 2 saturated heterocycles. The van der Waals surface area contributed by atoms with E-state index >= 15 is 0 Å². The number of likely N-dealkylation sites (N-methyl/N-ethyl adjacent to an activating group) is 1. The van der Waals surface area contributed by atoms with Crippen LogP contribution in [0, 0.1) is 0 Å². The number of urea groups is 1. The average Bonchev–Trinajstić information content (AvgIpc) is 2.90. The molecule has 4 rings (SSSR count). The Kier molecular flexibility index (Phi) is 4.26. The number of carbonyl (C=O) groups is 2. The topological polar surface area (TPSA) is 105 Å². The first-order chi connectivity index (χ1) is 12.9. The monoisotopic (exact) mass is 395 g/mol. The summed E-state index contributed by atoms with van der Waals surface area (Å²) in [5.41, 5.74) is -0.994. The Morgan fingerprint density at radius 1 is 1.11 bits per heavy atom. The molecule has 3 heterocycles. The van der Waals surface area contributed by atoms with E-state index in [1.54, 1.807) is 13.0 Å². The van der Waals surface area contributed by atoms with E-state index < -0.39 is 21.6 Å². The van der Waals surface area contributed by atoms with Gasteiger partial charge in [0.1, 0.15) is 18.8 Å². The minimum absolute atomic E-state index is 0.125. The van der Waals surface area contributed by atoms with Gasteiger partial charge in [0.25, 0.3) is 5.91 Å². The summed E-state index contributed by atoms with van der Waals surface area (Å²) >= 11 is 0. The van der Waals surface area contributed by atoms with Crippen LogP contribution >= 0.6 is 0 Å². The van der Waals surface area contributed by atoms with Crippen molar-refractivity contribution in [3.63, 3.8) is 0 Å². The lowest BCUT2D eigenvalue weighted by Gasteiger charge is -2.36. The first kappa shape index (κ1) is 18.1. The standard InChI is InChI=1S/C17H21N3O6S/c1-2-20-15(21)17(18-16(20)22)5-7-19(8-6-17)27(23,24)12-3-4-13-14(11-12)26-10-9-25-13/h3-4,11H,2,5-10H2,1H3,(H,18,22). The lowest BCUT2D eigenvalue weighted by molar-refractivity contribution is -0.132. The van der Waals surface area contributed by atoms with Crippen molar-refractivity contribution in [2.45, 2.75) is 30.2 Å². The Labute approximate surface area is 157 Å². The maximum Gasteiger partial charge on any atom is 0.325 e. The van der Waals surface area contributed by atoms with Gasteiger partial charge in [-0.1, -0.05) is 0 Å². The summed E-state index contributed by atoms with van der Waals surface area (Å²) in [4.78, 5) is 25.8. The van der Waals surface area contributed by atoms with E-state index in [-0.39, 0.29) is 36.7 Å². The molecule has 0 unspecified atom stereocenters. The SMILES string of the molecule is CCN1C(=O)NC2(CCN(S(=O)(=O)c3ccc4c(c3)OCCO4)CC2)C1=O. The van der Waals surface area contributed by atoms with Gasteiger partial charge in [-0.05, 0) is 31.9 Å². The quantitative estimate of drug-likeness (QED) is 0.750. The minimum Gasteiger partial charge on any atom is -0.486 e. The van der Waals surface area contributed by atoms with E-state index in [1.807, 2.05) is 0 Å². The molecule has 1 N–H and O–H groups in total. The number of fused-ring (bicyclic) bond motifs is 1. The van der Waals surface area contributed by atoms with Crippen LogP contribution in [0.1, 0.15) is 19.8 Å². The third kappa shape index (κ3) is 2.83. The highest BCUT2D eigenvalue weighted by atomic mass is 32.2. The van der Waals surface area contributed by atoms with E-state index in [1.165, 1.54) is 21.3 Å². The number of rotatable bonds is 3. The van der Waals surface area contributed by atoms with Crippen molar-refractivity contribution < 1.29 is 27.5 Å². The average molecular weight is 395 g/mol. The maximum atomic E-state index is 13.0. The number of imide groups is 1. The fraction of sp³-hybridized carbons (Fsp3) is 0.529. The first-order valence-electron chi connectivity index (χ1n) is 8.91. The van der Waals surface area contributed by atoms with Gasteiger partial charge >= 0.3 is 6.03 Å². The van der Waals surface area contributed by atoms with Crippen molar-refractivity contribution >= 4 is 22.0 Å². The number of nitrogens with zero attached hydrogens (tertiary/aromatic N) is 2. The van der Waals surface area contributed by atoms with Crippen LogP contribution in [-0.2, 0) is 14.8 Å². The highest BCUT2D eigenvalue weighted by Gasteiger charge is 2.52. The summed E-state index contributed by atoms with van der Waals surface area (Å²) in [6, 6.07) is 4.14. The summed E-state index contributed by atoms with van der Waals surface area (Å²) in [5, 5.41) is 2.75. The zero-order valence-electron chi connectivity index (χ0n) is 14.9. The summed E-state index contributed by atoms with van der Waals surface area (Å²) in [7, 11) is -3.73. The zero-order chi connectivity index (χ0) is 19.2. The lowest BCUT2D eigenvalue weighted by Crippen LogP contribution is -2.55.